The lowest BCUT2D eigenvalue weighted by Gasteiger charge is -2.38. The summed E-state index contributed by atoms with van der Waals surface area (Å²) in [5.41, 5.74) is 0. The maximum atomic E-state index is 8.98. The maximum absolute atomic E-state index is 8.98. The lowest BCUT2D eigenvalue weighted by Crippen LogP contribution is -2.51. The molecular formula is C12H32O3Si3. The van der Waals surface area contributed by atoms with Gasteiger partial charge in [-0.2, -0.15) is 0 Å². The molecular weight excluding hydrogens is 276 g/mol. The highest BCUT2D eigenvalue weighted by atomic mass is 28.5. The molecule has 0 amide bonds. The molecule has 0 saturated carbocycles. The molecule has 0 radical (unpaired) electrons. The van der Waals surface area contributed by atoms with Crippen molar-refractivity contribution in [2.45, 2.75) is 65.2 Å². The van der Waals surface area contributed by atoms with Crippen molar-refractivity contribution in [2.75, 3.05) is 6.61 Å². The van der Waals surface area contributed by atoms with Gasteiger partial charge in [0.05, 0.1) is 0 Å². The van der Waals surface area contributed by atoms with Crippen LogP contribution in [0.5, 0.6) is 0 Å². The van der Waals surface area contributed by atoms with Gasteiger partial charge in [-0.25, -0.2) is 0 Å². The van der Waals surface area contributed by atoms with Crippen LogP contribution in [-0.2, 0) is 8.23 Å². The lowest BCUT2D eigenvalue weighted by atomic mass is 10.1. The van der Waals surface area contributed by atoms with Crippen LogP contribution in [-0.4, -0.2) is 36.9 Å². The van der Waals surface area contributed by atoms with Crippen molar-refractivity contribution in [3.8, 4) is 0 Å². The second-order valence-electron chi connectivity index (χ2n) is 7.30. The fraction of sp³-hybridized carbons (Fsp3) is 1.00. The van der Waals surface area contributed by atoms with Gasteiger partial charge in [-0.05, 0) is 64.2 Å². The molecule has 0 heterocycles. The standard InChI is InChI=1S/C12H32O3Si3/c1-12(9-10-13)11-17(5,6)15-18(7,8)14-16(2,3)4/h12-13H,9-11H2,1-8H3. The van der Waals surface area contributed by atoms with E-state index >= 15 is 0 Å². The van der Waals surface area contributed by atoms with Crippen LogP contribution in [0.2, 0.25) is 51.9 Å². The summed E-state index contributed by atoms with van der Waals surface area (Å²) in [5, 5.41) is 8.98. The van der Waals surface area contributed by atoms with Crippen LogP contribution in [0, 0.1) is 5.92 Å². The summed E-state index contributed by atoms with van der Waals surface area (Å²) >= 11 is 0. The Balaban J connectivity index is 4.45. The van der Waals surface area contributed by atoms with Gasteiger partial charge in [-0.3, -0.25) is 0 Å². The van der Waals surface area contributed by atoms with Gasteiger partial charge >= 0.3 is 8.56 Å². The van der Waals surface area contributed by atoms with E-state index in [2.05, 4.69) is 52.8 Å². The zero-order valence-corrected chi connectivity index (χ0v) is 16.5. The number of aliphatic hydroxyl groups is 1. The van der Waals surface area contributed by atoms with Crippen LogP contribution >= 0.6 is 0 Å². The minimum absolute atomic E-state index is 0.276. The molecule has 1 N–H and O–H groups in total. The fourth-order valence-electron chi connectivity index (χ4n) is 2.63. The molecule has 0 saturated heterocycles. The minimum Gasteiger partial charge on any atom is -0.437 e. The Labute approximate surface area is 116 Å². The lowest BCUT2D eigenvalue weighted by molar-refractivity contribution is 0.265. The summed E-state index contributed by atoms with van der Waals surface area (Å²) in [5.74, 6) is 0.536. The molecule has 1 atom stereocenters. The Bertz CT molecular complexity index is 249. The maximum Gasteiger partial charge on any atom is 0.311 e. The van der Waals surface area contributed by atoms with E-state index in [1.807, 2.05) is 0 Å². The molecule has 1 unspecified atom stereocenters. The predicted molar refractivity (Wildman–Crippen MR) is 86.2 cm³/mol. The molecule has 0 spiro atoms. The van der Waals surface area contributed by atoms with Crippen LogP contribution in [0.4, 0.5) is 0 Å². The SMILES string of the molecule is CC(CCO)C[Si](C)(C)O[Si](C)(C)O[Si](C)(C)C. The number of aliphatic hydroxyl groups excluding tert-OH is 1. The Morgan fingerprint density at radius 2 is 1.44 bits per heavy atom. The Hall–Kier alpha value is 0.531. The molecule has 6 heteroatoms. The van der Waals surface area contributed by atoms with Gasteiger partial charge in [0.1, 0.15) is 0 Å². The molecule has 0 rings (SSSR count). The topological polar surface area (TPSA) is 38.7 Å². The zero-order chi connectivity index (χ0) is 14.6. The highest BCUT2D eigenvalue weighted by Crippen LogP contribution is 2.26. The number of hydrogen-bond acceptors (Lipinski definition) is 3. The smallest absolute Gasteiger partial charge is 0.311 e. The van der Waals surface area contributed by atoms with Gasteiger partial charge in [0, 0.05) is 6.61 Å². The van der Waals surface area contributed by atoms with Crippen molar-refractivity contribution >= 4 is 25.2 Å². The van der Waals surface area contributed by atoms with E-state index in [9.17, 15) is 0 Å². The third-order valence-electron chi connectivity index (χ3n) is 2.54. The minimum atomic E-state index is -2.00. The average Bonchev–Trinajstić information content (AvgIpc) is 1.93. The van der Waals surface area contributed by atoms with Crippen LogP contribution in [0.15, 0.2) is 0 Å². The quantitative estimate of drug-likeness (QED) is 0.694. The fourth-order valence-corrected chi connectivity index (χ4v) is 16.6. The van der Waals surface area contributed by atoms with E-state index in [4.69, 9.17) is 13.3 Å². The molecule has 0 bridgehead atoms. The van der Waals surface area contributed by atoms with Crippen LogP contribution in [0.25, 0.3) is 0 Å². The predicted octanol–water partition coefficient (Wildman–Crippen LogP) is 3.78. The number of rotatable bonds is 8. The highest BCUT2D eigenvalue weighted by molar-refractivity contribution is 6.87. The molecule has 0 aromatic heterocycles. The molecule has 0 fully saturated rings. The highest BCUT2D eigenvalue weighted by Gasteiger charge is 2.38. The summed E-state index contributed by atoms with van der Waals surface area (Å²) in [6.45, 7) is 18.0. The van der Waals surface area contributed by atoms with Gasteiger partial charge in [0.15, 0.2) is 16.6 Å². The summed E-state index contributed by atoms with van der Waals surface area (Å²) in [4.78, 5) is 0. The Morgan fingerprint density at radius 3 is 1.83 bits per heavy atom. The van der Waals surface area contributed by atoms with Crippen molar-refractivity contribution in [1.29, 1.82) is 0 Å². The molecule has 0 aliphatic rings. The van der Waals surface area contributed by atoms with E-state index in [0.717, 1.165) is 12.5 Å². The summed E-state index contributed by atoms with van der Waals surface area (Å²) < 4.78 is 12.7. The van der Waals surface area contributed by atoms with Crippen molar-refractivity contribution in [3.63, 3.8) is 0 Å². The van der Waals surface area contributed by atoms with Gasteiger partial charge in [0.25, 0.3) is 0 Å². The average molecular weight is 309 g/mol. The van der Waals surface area contributed by atoms with E-state index in [1.54, 1.807) is 0 Å². The van der Waals surface area contributed by atoms with E-state index < -0.39 is 25.2 Å². The molecule has 3 nitrogen and oxygen atoms in total. The third-order valence-corrected chi connectivity index (χ3v) is 12.8. The molecule has 0 aromatic carbocycles. The normalized spacial score (nSPS) is 15.8. The van der Waals surface area contributed by atoms with Crippen LogP contribution in [0.1, 0.15) is 13.3 Å². The van der Waals surface area contributed by atoms with Crippen molar-refractivity contribution in [1.82, 2.24) is 0 Å². The van der Waals surface area contributed by atoms with Gasteiger partial charge in [0.2, 0.25) is 0 Å². The largest absolute Gasteiger partial charge is 0.437 e. The van der Waals surface area contributed by atoms with E-state index in [-0.39, 0.29) is 6.61 Å². The zero-order valence-electron chi connectivity index (χ0n) is 13.5. The Kier molecular flexibility index (Phi) is 7.01. The number of hydrogen-bond donors (Lipinski definition) is 1. The second kappa shape index (κ2) is 6.81. The van der Waals surface area contributed by atoms with E-state index in [0.29, 0.717) is 5.92 Å². The first-order valence-electron chi connectivity index (χ1n) is 6.88. The molecule has 0 aliphatic carbocycles. The Morgan fingerprint density at radius 1 is 0.944 bits per heavy atom. The summed E-state index contributed by atoms with van der Waals surface area (Å²) in [7, 11) is -5.22. The van der Waals surface area contributed by atoms with Crippen molar-refractivity contribution in [3.05, 3.63) is 0 Å². The van der Waals surface area contributed by atoms with Crippen molar-refractivity contribution < 1.29 is 13.3 Å². The first-order valence-corrected chi connectivity index (χ1v) is 16.2. The second-order valence-corrected chi connectivity index (χ2v) is 19.9. The summed E-state index contributed by atoms with van der Waals surface area (Å²) in [6, 6.07) is 1.10. The van der Waals surface area contributed by atoms with Crippen LogP contribution in [0.3, 0.4) is 0 Å². The van der Waals surface area contributed by atoms with Crippen molar-refractivity contribution in [2.24, 2.45) is 5.92 Å². The van der Waals surface area contributed by atoms with Gasteiger partial charge in [-0.1, -0.05) is 6.92 Å². The first kappa shape index (κ1) is 18.5. The first-order chi connectivity index (χ1) is 7.87. The molecule has 18 heavy (non-hydrogen) atoms. The van der Waals surface area contributed by atoms with Crippen LogP contribution < -0.4 is 0 Å². The molecule has 0 aromatic rings. The monoisotopic (exact) mass is 308 g/mol. The molecule has 0 aliphatic heterocycles. The summed E-state index contributed by atoms with van der Waals surface area (Å²) in [6.07, 6.45) is 0.872. The van der Waals surface area contributed by atoms with E-state index in [1.165, 1.54) is 0 Å². The molecule has 110 valence electrons. The third kappa shape index (κ3) is 9.46. The van der Waals surface area contributed by atoms with Gasteiger partial charge < -0.3 is 13.3 Å². The van der Waals surface area contributed by atoms with Gasteiger partial charge in [-0.15, -0.1) is 0 Å².